The molecule has 0 aliphatic carbocycles. The predicted molar refractivity (Wildman–Crippen MR) is 92.8 cm³/mol. The van der Waals surface area contributed by atoms with Crippen LogP contribution in [0.25, 0.3) is 22.4 Å². The van der Waals surface area contributed by atoms with Crippen molar-refractivity contribution in [3.63, 3.8) is 0 Å². The van der Waals surface area contributed by atoms with Crippen molar-refractivity contribution in [3.8, 4) is 22.4 Å². The lowest BCUT2D eigenvalue weighted by Crippen LogP contribution is -2.18. The van der Waals surface area contributed by atoms with E-state index in [1.165, 1.54) is 12.1 Å². The number of aromatic nitrogens is 1. The summed E-state index contributed by atoms with van der Waals surface area (Å²) in [4.78, 5) is 0.391. The number of halogens is 1. The third-order valence-corrected chi connectivity index (χ3v) is 4.66. The van der Waals surface area contributed by atoms with Gasteiger partial charge in [0.25, 0.3) is 0 Å². The van der Waals surface area contributed by atoms with E-state index in [1.54, 1.807) is 36.4 Å². The fourth-order valence-electron chi connectivity index (χ4n) is 2.36. The topological polar surface area (TPSA) is 110 Å². The minimum Gasteiger partial charge on any atom is -0.353 e. The molecule has 0 saturated carbocycles. The molecule has 3 aromatic rings. The van der Waals surface area contributed by atoms with E-state index in [9.17, 15) is 18.3 Å². The summed E-state index contributed by atoms with van der Waals surface area (Å²) in [5.41, 5.74) is 1.67. The van der Waals surface area contributed by atoms with Crippen LogP contribution in [0.2, 0.25) is 0 Å². The lowest BCUT2D eigenvalue weighted by molar-refractivity contribution is -0.101. The van der Waals surface area contributed by atoms with E-state index in [4.69, 9.17) is 9.66 Å². The van der Waals surface area contributed by atoms with Crippen LogP contribution in [0, 0.1) is 0 Å². The predicted octanol–water partition coefficient (Wildman–Crippen LogP) is 2.70. The summed E-state index contributed by atoms with van der Waals surface area (Å²) in [6.07, 6.45) is 0. The van der Waals surface area contributed by atoms with Crippen LogP contribution in [-0.2, 0) is 16.1 Å². The Morgan fingerprint density at radius 1 is 1.08 bits per heavy atom. The molecule has 1 unspecified atom stereocenters. The number of hydrogen-bond acceptors (Lipinski definition) is 6. The molecule has 0 radical (unpaired) electrons. The maximum atomic E-state index is 13.0. The second kappa shape index (κ2) is 7.06. The van der Waals surface area contributed by atoms with Gasteiger partial charge >= 0.3 is 5.12 Å². The van der Waals surface area contributed by atoms with Gasteiger partial charge < -0.3 is 14.7 Å². The molecule has 3 rings (SSSR count). The van der Waals surface area contributed by atoms with E-state index in [0.717, 1.165) is 0 Å². The highest BCUT2D eigenvalue weighted by molar-refractivity contribution is 7.94. The molecule has 2 aromatic carbocycles. The van der Waals surface area contributed by atoms with E-state index < -0.39 is 34.0 Å². The zero-order valence-electron chi connectivity index (χ0n) is 12.6. The van der Waals surface area contributed by atoms with Crippen LogP contribution in [0.15, 0.2) is 64.0 Å². The summed E-state index contributed by atoms with van der Waals surface area (Å²) in [5.74, 6) is -0.444. The van der Waals surface area contributed by atoms with Gasteiger partial charge in [-0.2, -0.15) is 3.89 Å². The van der Waals surface area contributed by atoms with Crippen molar-refractivity contribution in [1.82, 2.24) is 5.16 Å². The summed E-state index contributed by atoms with van der Waals surface area (Å²) in [6, 6.07) is 15.1. The number of rotatable bonds is 5. The van der Waals surface area contributed by atoms with Crippen molar-refractivity contribution < 1.29 is 22.8 Å². The summed E-state index contributed by atoms with van der Waals surface area (Å²) in [6.45, 7) is 0. The molecule has 1 heterocycles. The van der Waals surface area contributed by atoms with Crippen LogP contribution < -0.4 is 5.14 Å². The molecule has 1 atom stereocenters. The standard InChI is InChI=1S/C16H13FN2O4S2/c17-24-16(20,21)15-13(10-6-8-12(9-7-10)25(18)22)14(19-23-15)11-4-2-1-3-5-11/h1-9,20-21H,18H2. The zero-order valence-corrected chi connectivity index (χ0v) is 14.3. The Balaban J connectivity index is 2.21. The lowest BCUT2D eigenvalue weighted by Gasteiger charge is -2.14. The van der Waals surface area contributed by atoms with Crippen LogP contribution in [0.1, 0.15) is 5.76 Å². The van der Waals surface area contributed by atoms with Crippen molar-refractivity contribution in [2.24, 2.45) is 5.14 Å². The highest BCUT2D eigenvalue weighted by atomic mass is 32.2. The van der Waals surface area contributed by atoms with E-state index in [2.05, 4.69) is 5.16 Å². The van der Waals surface area contributed by atoms with E-state index in [1.807, 2.05) is 6.07 Å². The molecule has 4 N–H and O–H groups in total. The summed E-state index contributed by atoms with van der Waals surface area (Å²) in [5, 5.41) is 26.1. The molecule has 1 aromatic heterocycles. The Bertz CT molecular complexity index is 898. The Morgan fingerprint density at radius 3 is 2.28 bits per heavy atom. The number of hydrogen-bond donors (Lipinski definition) is 3. The number of aliphatic hydroxyl groups is 2. The van der Waals surface area contributed by atoms with Gasteiger partial charge in [-0.25, -0.2) is 9.35 Å². The summed E-state index contributed by atoms with van der Waals surface area (Å²) >= 11 is -0.686. The van der Waals surface area contributed by atoms with Crippen molar-refractivity contribution in [1.29, 1.82) is 0 Å². The van der Waals surface area contributed by atoms with E-state index >= 15 is 0 Å². The maximum Gasteiger partial charge on any atom is 0.308 e. The highest BCUT2D eigenvalue weighted by Crippen LogP contribution is 2.43. The minimum absolute atomic E-state index is 0.218. The average Bonchev–Trinajstić information content (AvgIpc) is 3.08. The second-order valence-corrected chi connectivity index (χ2v) is 6.90. The highest BCUT2D eigenvalue weighted by Gasteiger charge is 2.38. The van der Waals surface area contributed by atoms with Gasteiger partial charge in [0, 0.05) is 5.56 Å². The van der Waals surface area contributed by atoms with Gasteiger partial charge in [0.1, 0.15) is 28.8 Å². The molecule has 0 fully saturated rings. The quantitative estimate of drug-likeness (QED) is 0.587. The fraction of sp³-hybridized carbons (Fsp3) is 0.0625. The number of nitrogens with zero attached hydrogens (tertiary/aromatic N) is 1. The largest absolute Gasteiger partial charge is 0.353 e. The van der Waals surface area contributed by atoms with Crippen LogP contribution in [-0.4, -0.2) is 19.6 Å². The van der Waals surface area contributed by atoms with Gasteiger partial charge in [0.2, 0.25) is 5.76 Å². The first-order chi connectivity index (χ1) is 11.9. The molecule has 9 heteroatoms. The molecule has 6 nitrogen and oxygen atoms in total. The molecular formula is C16H13FN2O4S2. The molecule has 0 aliphatic heterocycles. The summed E-state index contributed by atoms with van der Waals surface area (Å²) in [7, 11) is -1.65. The minimum atomic E-state index is -2.90. The Kier molecular flexibility index (Phi) is 5.02. The van der Waals surface area contributed by atoms with Crippen LogP contribution in [0.5, 0.6) is 0 Å². The first kappa shape index (κ1) is 17.8. The zero-order chi connectivity index (χ0) is 18.0. The third-order valence-electron chi connectivity index (χ3n) is 3.52. The Labute approximate surface area is 149 Å². The molecule has 0 bridgehead atoms. The molecule has 0 amide bonds. The van der Waals surface area contributed by atoms with Gasteiger partial charge in [-0.3, -0.25) is 0 Å². The maximum absolute atomic E-state index is 13.0. The number of benzene rings is 2. The van der Waals surface area contributed by atoms with Crippen molar-refractivity contribution >= 4 is 23.1 Å². The number of nitrogens with two attached hydrogens (primary N) is 1. The summed E-state index contributed by atoms with van der Waals surface area (Å²) < 4.78 is 29.4. The fourth-order valence-corrected chi connectivity index (χ4v) is 2.98. The van der Waals surface area contributed by atoms with Crippen molar-refractivity contribution in [3.05, 3.63) is 60.4 Å². The molecule has 0 spiro atoms. The first-order valence-corrected chi connectivity index (χ1v) is 8.93. The van der Waals surface area contributed by atoms with Gasteiger partial charge in [0.15, 0.2) is 0 Å². The lowest BCUT2D eigenvalue weighted by atomic mass is 9.99. The second-order valence-electron chi connectivity index (χ2n) is 5.11. The van der Waals surface area contributed by atoms with E-state index in [-0.39, 0.29) is 5.56 Å². The van der Waals surface area contributed by atoms with Gasteiger partial charge in [-0.15, -0.1) is 0 Å². The smallest absolute Gasteiger partial charge is 0.308 e. The Morgan fingerprint density at radius 2 is 1.72 bits per heavy atom. The van der Waals surface area contributed by atoms with Gasteiger partial charge in [-0.1, -0.05) is 47.6 Å². The normalized spacial score (nSPS) is 13.0. The average molecular weight is 380 g/mol. The monoisotopic (exact) mass is 380 g/mol. The van der Waals surface area contributed by atoms with Crippen molar-refractivity contribution in [2.45, 2.75) is 10.0 Å². The van der Waals surface area contributed by atoms with Gasteiger partial charge in [-0.05, 0) is 17.7 Å². The molecular weight excluding hydrogens is 367 g/mol. The Hall–Kier alpha value is -2.04. The SMILES string of the molecule is NS(=O)c1ccc(-c2c(-c3ccccc3)noc2C(O)(O)SF)cc1. The van der Waals surface area contributed by atoms with E-state index in [0.29, 0.717) is 21.7 Å². The molecule has 0 aliphatic rings. The molecule has 0 saturated heterocycles. The molecule has 25 heavy (non-hydrogen) atoms. The van der Waals surface area contributed by atoms with Gasteiger partial charge in [0.05, 0.1) is 10.5 Å². The van der Waals surface area contributed by atoms with Crippen LogP contribution in [0.4, 0.5) is 3.89 Å². The first-order valence-electron chi connectivity index (χ1n) is 7.00. The van der Waals surface area contributed by atoms with Crippen LogP contribution in [0.3, 0.4) is 0 Å². The van der Waals surface area contributed by atoms with Crippen molar-refractivity contribution in [2.75, 3.05) is 0 Å². The molecule has 130 valence electrons. The third kappa shape index (κ3) is 3.51. The van der Waals surface area contributed by atoms with Crippen LogP contribution >= 0.6 is 12.1 Å².